The van der Waals surface area contributed by atoms with Crippen molar-refractivity contribution in [2.75, 3.05) is 11.9 Å². The van der Waals surface area contributed by atoms with Crippen LogP contribution in [-0.4, -0.2) is 26.4 Å². The number of H-pyrrole nitrogens is 1. The first-order chi connectivity index (χ1) is 7.16. The lowest BCUT2D eigenvalue weighted by atomic mass is 10.3. The Bertz CT molecular complexity index is 553. The number of rotatable bonds is 3. The van der Waals surface area contributed by atoms with Crippen LogP contribution in [0.3, 0.4) is 0 Å². The highest BCUT2D eigenvalue weighted by Gasteiger charge is 2.01. The van der Waals surface area contributed by atoms with Gasteiger partial charge in [0.1, 0.15) is 5.82 Å². The molecule has 2 rings (SSSR count). The Morgan fingerprint density at radius 3 is 3.20 bits per heavy atom. The number of hydrogen-bond donors (Lipinski definition) is 2. The molecule has 0 saturated carbocycles. The van der Waals surface area contributed by atoms with E-state index in [0.717, 1.165) is 5.57 Å². The first-order valence-electron chi connectivity index (χ1n) is 4.49. The summed E-state index contributed by atoms with van der Waals surface area (Å²) in [7, 11) is 0. The molecule has 15 heavy (non-hydrogen) atoms. The van der Waals surface area contributed by atoms with Crippen molar-refractivity contribution < 1.29 is 0 Å². The van der Waals surface area contributed by atoms with Gasteiger partial charge in [-0.05, 0) is 19.1 Å². The third-order valence-electron chi connectivity index (χ3n) is 1.84. The predicted octanol–water partition coefficient (Wildman–Crippen LogP) is 0.406. The molecule has 2 aromatic rings. The van der Waals surface area contributed by atoms with Gasteiger partial charge in [-0.25, -0.2) is 9.89 Å². The highest BCUT2D eigenvalue weighted by atomic mass is 16.2. The monoisotopic (exact) mass is 205 g/mol. The molecule has 0 saturated heterocycles. The first kappa shape index (κ1) is 9.45. The van der Waals surface area contributed by atoms with Gasteiger partial charge in [-0.15, -0.1) is 5.10 Å². The Morgan fingerprint density at radius 2 is 2.47 bits per heavy atom. The Balaban J connectivity index is 2.33. The summed E-state index contributed by atoms with van der Waals surface area (Å²) >= 11 is 0. The molecule has 0 aromatic carbocycles. The maximum Gasteiger partial charge on any atom is 0.364 e. The van der Waals surface area contributed by atoms with Crippen LogP contribution in [0, 0.1) is 0 Å². The maximum absolute atomic E-state index is 11.2. The molecule has 6 heteroatoms. The van der Waals surface area contributed by atoms with Gasteiger partial charge in [-0.3, -0.25) is 0 Å². The number of hydrogen-bond acceptors (Lipinski definition) is 4. The van der Waals surface area contributed by atoms with Gasteiger partial charge in [-0.1, -0.05) is 12.2 Å². The molecule has 0 amide bonds. The van der Waals surface area contributed by atoms with E-state index >= 15 is 0 Å². The lowest BCUT2D eigenvalue weighted by Gasteiger charge is -2.03. The van der Waals surface area contributed by atoms with Crippen molar-refractivity contribution >= 4 is 11.5 Å². The summed E-state index contributed by atoms with van der Waals surface area (Å²) in [6.07, 6.45) is 0. The third-order valence-corrected chi connectivity index (χ3v) is 1.84. The molecule has 2 N–H and O–H groups in total. The standard InChI is InChI=1S/C9H11N5O/c1-6(2)5-10-7-3-4-8-11-12-9(15)14(8)13-7/h3-4H,1,5H2,2H3,(H,10,13)(H,12,15). The number of fused-ring (bicyclic) bond motifs is 1. The van der Waals surface area contributed by atoms with Gasteiger partial charge in [0.25, 0.3) is 0 Å². The molecule has 0 atom stereocenters. The number of nitrogens with zero attached hydrogens (tertiary/aromatic N) is 3. The molecule has 0 fully saturated rings. The number of nitrogens with one attached hydrogen (secondary N) is 2. The van der Waals surface area contributed by atoms with E-state index in [4.69, 9.17) is 0 Å². The average molecular weight is 205 g/mol. The van der Waals surface area contributed by atoms with Crippen LogP contribution in [0.2, 0.25) is 0 Å². The van der Waals surface area contributed by atoms with E-state index in [1.54, 1.807) is 12.1 Å². The second kappa shape index (κ2) is 3.56. The highest BCUT2D eigenvalue weighted by Crippen LogP contribution is 2.03. The number of anilines is 1. The van der Waals surface area contributed by atoms with Gasteiger partial charge in [0, 0.05) is 6.54 Å². The fourth-order valence-electron chi connectivity index (χ4n) is 1.14. The molecule has 0 spiro atoms. The maximum atomic E-state index is 11.2. The minimum absolute atomic E-state index is 0.344. The quantitative estimate of drug-likeness (QED) is 0.711. The van der Waals surface area contributed by atoms with Crippen molar-refractivity contribution in [2.24, 2.45) is 0 Å². The molecular formula is C9H11N5O. The zero-order chi connectivity index (χ0) is 10.8. The molecule has 0 radical (unpaired) electrons. The van der Waals surface area contributed by atoms with E-state index in [-0.39, 0.29) is 5.69 Å². The van der Waals surface area contributed by atoms with Gasteiger partial charge in [0.05, 0.1) is 0 Å². The van der Waals surface area contributed by atoms with Gasteiger partial charge in [0.15, 0.2) is 5.65 Å². The Labute approximate surface area is 85.6 Å². The summed E-state index contributed by atoms with van der Waals surface area (Å²) in [6, 6.07) is 3.48. The second-order valence-corrected chi connectivity index (χ2v) is 3.33. The fourth-order valence-corrected chi connectivity index (χ4v) is 1.14. The van der Waals surface area contributed by atoms with E-state index in [0.29, 0.717) is 18.0 Å². The van der Waals surface area contributed by atoms with Gasteiger partial charge in [-0.2, -0.15) is 9.61 Å². The summed E-state index contributed by atoms with van der Waals surface area (Å²) in [4.78, 5) is 11.2. The molecule has 78 valence electrons. The molecule has 6 nitrogen and oxygen atoms in total. The van der Waals surface area contributed by atoms with Crippen LogP contribution < -0.4 is 11.0 Å². The van der Waals surface area contributed by atoms with Crippen LogP contribution in [0.1, 0.15) is 6.92 Å². The van der Waals surface area contributed by atoms with E-state index in [9.17, 15) is 4.79 Å². The SMILES string of the molecule is C=C(C)CNc1ccc2n[nH]c(=O)n2n1. The van der Waals surface area contributed by atoms with Crippen LogP contribution >= 0.6 is 0 Å². The van der Waals surface area contributed by atoms with Gasteiger partial charge in [0.2, 0.25) is 0 Å². The average Bonchev–Trinajstić information content (AvgIpc) is 2.57. The smallest absolute Gasteiger partial charge is 0.364 e. The molecule has 0 unspecified atom stereocenters. The topological polar surface area (TPSA) is 75.1 Å². The molecule has 0 aliphatic heterocycles. The van der Waals surface area contributed by atoms with Crippen LogP contribution in [0.25, 0.3) is 5.65 Å². The second-order valence-electron chi connectivity index (χ2n) is 3.33. The van der Waals surface area contributed by atoms with Crippen LogP contribution in [0.4, 0.5) is 5.82 Å². The van der Waals surface area contributed by atoms with Crippen LogP contribution in [0.15, 0.2) is 29.1 Å². The molecule has 2 aromatic heterocycles. The number of aromatic nitrogens is 4. The summed E-state index contributed by atoms with van der Waals surface area (Å²) < 4.78 is 1.21. The van der Waals surface area contributed by atoms with Gasteiger partial charge >= 0.3 is 5.69 Å². The summed E-state index contributed by atoms with van der Waals surface area (Å²) in [5.74, 6) is 0.619. The minimum atomic E-state index is -0.344. The van der Waals surface area contributed by atoms with Crippen molar-refractivity contribution in [3.63, 3.8) is 0 Å². The summed E-state index contributed by atoms with van der Waals surface area (Å²) in [6.45, 7) is 6.31. The van der Waals surface area contributed by atoms with Crippen molar-refractivity contribution in [1.29, 1.82) is 0 Å². The third kappa shape index (κ3) is 1.88. The lowest BCUT2D eigenvalue weighted by Crippen LogP contribution is -2.14. The van der Waals surface area contributed by atoms with E-state index in [1.807, 2.05) is 6.92 Å². The first-order valence-corrected chi connectivity index (χ1v) is 4.49. The molecule has 2 heterocycles. The molecule has 0 aliphatic carbocycles. The normalized spacial score (nSPS) is 10.5. The van der Waals surface area contributed by atoms with Crippen molar-refractivity contribution in [1.82, 2.24) is 19.8 Å². The Morgan fingerprint density at radius 1 is 1.67 bits per heavy atom. The summed E-state index contributed by atoms with van der Waals surface area (Å²) in [5, 5.41) is 13.2. The van der Waals surface area contributed by atoms with E-state index in [1.165, 1.54) is 4.52 Å². The zero-order valence-corrected chi connectivity index (χ0v) is 8.32. The van der Waals surface area contributed by atoms with Gasteiger partial charge < -0.3 is 5.32 Å². The Hall–Kier alpha value is -2.11. The fraction of sp³-hybridized carbons (Fsp3) is 0.222. The summed E-state index contributed by atoms with van der Waals surface area (Å²) in [5.41, 5.74) is 1.15. The van der Waals surface area contributed by atoms with Crippen molar-refractivity contribution in [3.8, 4) is 0 Å². The zero-order valence-electron chi connectivity index (χ0n) is 8.32. The lowest BCUT2D eigenvalue weighted by molar-refractivity contribution is 0.879. The molecule has 0 aliphatic rings. The highest BCUT2D eigenvalue weighted by molar-refractivity contribution is 5.43. The molecular weight excluding hydrogens is 194 g/mol. The largest absolute Gasteiger partial charge is 0.365 e. The van der Waals surface area contributed by atoms with Crippen molar-refractivity contribution in [2.45, 2.75) is 6.92 Å². The number of aromatic amines is 1. The Kier molecular flexibility index (Phi) is 2.24. The van der Waals surface area contributed by atoms with Crippen molar-refractivity contribution in [3.05, 3.63) is 34.8 Å². The minimum Gasteiger partial charge on any atom is -0.365 e. The van der Waals surface area contributed by atoms with E-state index in [2.05, 4.69) is 27.2 Å². The van der Waals surface area contributed by atoms with Crippen LogP contribution in [0.5, 0.6) is 0 Å². The van der Waals surface area contributed by atoms with E-state index < -0.39 is 0 Å². The predicted molar refractivity (Wildman–Crippen MR) is 56.9 cm³/mol. The molecule has 0 bridgehead atoms. The van der Waals surface area contributed by atoms with Crippen LogP contribution in [-0.2, 0) is 0 Å².